The highest BCUT2D eigenvalue weighted by Crippen LogP contribution is 2.76. The molecule has 0 aromatic heterocycles. The van der Waals surface area contributed by atoms with Crippen molar-refractivity contribution in [2.75, 3.05) is 13.2 Å². The standard InChI is InChI=1S/C36H53NO5S/c1-23(2)26-13-16-36(22-38)18-17-34(6)27(30(26)36)11-12-29-33(5)19-20-37(32(3,4)28(33)14-15-35(29,34)7)43(41,42)25-10-8-9-24(21-25)31(39)40/h8-10,21,26-30,38H,1,11-20,22H2,2-7H3,(H,39,40)/t26-,27+,28?,29+,30+,33-,34+,35+,36+/m0/s1. The van der Waals surface area contributed by atoms with Crippen molar-refractivity contribution < 1.29 is 23.4 Å². The minimum absolute atomic E-state index is 0.00647. The summed E-state index contributed by atoms with van der Waals surface area (Å²) < 4.78 is 29.9. The predicted molar refractivity (Wildman–Crippen MR) is 169 cm³/mol. The average molecular weight is 612 g/mol. The van der Waals surface area contributed by atoms with Crippen molar-refractivity contribution in [2.24, 2.45) is 51.2 Å². The fourth-order valence-corrected chi connectivity index (χ4v) is 14.4. The van der Waals surface area contributed by atoms with Crippen LogP contribution >= 0.6 is 0 Å². The van der Waals surface area contributed by atoms with Crippen LogP contribution in [-0.4, -0.2) is 47.6 Å². The number of aromatic carboxylic acids is 1. The Morgan fingerprint density at radius 3 is 2.33 bits per heavy atom. The van der Waals surface area contributed by atoms with Gasteiger partial charge in [0.1, 0.15) is 0 Å². The molecule has 5 fully saturated rings. The van der Waals surface area contributed by atoms with Crippen LogP contribution in [0.25, 0.3) is 0 Å². The number of benzene rings is 1. The van der Waals surface area contributed by atoms with Gasteiger partial charge in [-0.1, -0.05) is 39.0 Å². The average Bonchev–Trinajstić information content (AvgIpc) is 3.33. The number of allylic oxidation sites excluding steroid dienone is 1. The molecule has 1 aromatic rings. The van der Waals surface area contributed by atoms with Crippen LogP contribution in [0.4, 0.5) is 0 Å². The summed E-state index contributed by atoms with van der Waals surface area (Å²) in [7, 11) is -3.87. The van der Waals surface area contributed by atoms with Crippen LogP contribution < -0.4 is 0 Å². The molecule has 1 unspecified atom stereocenters. The number of aliphatic hydroxyl groups is 1. The Balaban J connectivity index is 1.34. The number of carboxylic acid groups (broad SMARTS) is 1. The van der Waals surface area contributed by atoms with E-state index in [1.54, 1.807) is 4.31 Å². The molecule has 4 aliphatic carbocycles. The van der Waals surface area contributed by atoms with Gasteiger partial charge in [-0.2, -0.15) is 4.31 Å². The molecule has 9 atom stereocenters. The van der Waals surface area contributed by atoms with E-state index < -0.39 is 21.5 Å². The molecule has 2 N–H and O–H groups in total. The molecular formula is C36H53NO5S. The first-order valence-corrected chi connectivity index (χ1v) is 18.1. The van der Waals surface area contributed by atoms with Gasteiger partial charge >= 0.3 is 5.97 Å². The van der Waals surface area contributed by atoms with Crippen molar-refractivity contribution in [3.63, 3.8) is 0 Å². The number of hydrogen-bond acceptors (Lipinski definition) is 4. The summed E-state index contributed by atoms with van der Waals surface area (Å²) in [6.45, 7) is 19.2. The molecule has 7 heteroatoms. The van der Waals surface area contributed by atoms with Crippen molar-refractivity contribution in [3.05, 3.63) is 42.0 Å². The van der Waals surface area contributed by atoms with Crippen LogP contribution in [-0.2, 0) is 10.0 Å². The molecule has 1 heterocycles. The highest BCUT2D eigenvalue weighted by Gasteiger charge is 2.71. The Morgan fingerprint density at radius 1 is 0.953 bits per heavy atom. The third-order valence-corrected chi connectivity index (χ3v) is 16.9. The summed E-state index contributed by atoms with van der Waals surface area (Å²) in [4.78, 5) is 11.7. The highest BCUT2D eigenvalue weighted by atomic mass is 32.2. The number of sulfonamides is 1. The lowest BCUT2D eigenvalue weighted by molar-refractivity contribution is -0.238. The third kappa shape index (κ3) is 4.08. The van der Waals surface area contributed by atoms with Gasteiger partial charge in [0, 0.05) is 18.7 Å². The minimum Gasteiger partial charge on any atom is -0.478 e. The van der Waals surface area contributed by atoms with Gasteiger partial charge in [-0.25, -0.2) is 13.2 Å². The maximum atomic E-state index is 14.1. The quantitative estimate of drug-likeness (QED) is 0.339. The zero-order valence-electron chi connectivity index (χ0n) is 27.2. The van der Waals surface area contributed by atoms with Crippen LogP contribution in [0.5, 0.6) is 0 Å². The number of nitrogens with zero attached hydrogens (tertiary/aromatic N) is 1. The van der Waals surface area contributed by atoms with E-state index in [1.807, 2.05) is 0 Å². The summed E-state index contributed by atoms with van der Waals surface area (Å²) in [5, 5.41) is 20.3. The molecule has 1 aliphatic heterocycles. The number of rotatable bonds is 5. The molecule has 1 aromatic carbocycles. The molecule has 6 nitrogen and oxygen atoms in total. The Bertz CT molecular complexity index is 1440. The van der Waals surface area contributed by atoms with Gasteiger partial charge in [0.15, 0.2) is 0 Å². The van der Waals surface area contributed by atoms with E-state index in [2.05, 4.69) is 48.1 Å². The second kappa shape index (κ2) is 9.90. The molecule has 4 saturated carbocycles. The number of piperidine rings is 1. The smallest absolute Gasteiger partial charge is 0.335 e. The van der Waals surface area contributed by atoms with Crippen molar-refractivity contribution in [2.45, 2.75) is 110 Å². The van der Waals surface area contributed by atoms with E-state index in [0.29, 0.717) is 36.8 Å². The summed E-state index contributed by atoms with van der Waals surface area (Å²) in [6.07, 6.45) is 9.77. The molecule has 0 radical (unpaired) electrons. The molecular weight excluding hydrogens is 558 g/mol. The highest BCUT2D eigenvalue weighted by molar-refractivity contribution is 7.89. The Morgan fingerprint density at radius 2 is 1.67 bits per heavy atom. The normalized spacial score (nSPS) is 44.0. The van der Waals surface area contributed by atoms with Crippen molar-refractivity contribution in [3.8, 4) is 0 Å². The molecule has 0 amide bonds. The summed E-state index contributed by atoms with van der Waals surface area (Å²) in [6, 6.07) is 5.81. The van der Waals surface area contributed by atoms with Crippen LogP contribution in [0, 0.1) is 51.2 Å². The van der Waals surface area contributed by atoms with Crippen LogP contribution in [0.2, 0.25) is 0 Å². The van der Waals surface area contributed by atoms with Crippen LogP contribution in [0.15, 0.2) is 41.3 Å². The van der Waals surface area contributed by atoms with Crippen molar-refractivity contribution in [1.82, 2.24) is 4.31 Å². The number of aliphatic hydroxyl groups excluding tert-OH is 1. The number of hydrogen-bond donors (Lipinski definition) is 2. The number of fused-ring (bicyclic) bond motifs is 7. The molecule has 6 rings (SSSR count). The summed E-state index contributed by atoms with van der Waals surface area (Å²) in [5.41, 5.74) is 1.06. The van der Waals surface area contributed by atoms with Crippen LogP contribution in [0.3, 0.4) is 0 Å². The first kappa shape index (κ1) is 31.3. The summed E-state index contributed by atoms with van der Waals surface area (Å²) >= 11 is 0. The first-order valence-electron chi connectivity index (χ1n) is 16.6. The molecule has 238 valence electrons. The van der Waals surface area contributed by atoms with E-state index in [0.717, 1.165) is 51.4 Å². The monoisotopic (exact) mass is 611 g/mol. The maximum absolute atomic E-state index is 14.1. The van der Waals surface area contributed by atoms with E-state index in [4.69, 9.17) is 0 Å². The predicted octanol–water partition coefficient (Wildman–Crippen LogP) is 7.39. The van der Waals surface area contributed by atoms with E-state index in [1.165, 1.54) is 36.3 Å². The Kier molecular flexibility index (Phi) is 7.20. The SMILES string of the molecule is C=C(C)[C@@H]1CC[C@]2(CO)CC[C@]3(C)[C@H](CC[C@@H]4[C@@]5(C)CCN(S(=O)(=O)c6cccc(C(=O)O)c6)C(C)(C)C5CC[C@]43C)[C@@H]12. The summed E-state index contributed by atoms with van der Waals surface area (Å²) in [5.74, 6) is 1.17. The van der Waals surface area contributed by atoms with E-state index in [9.17, 15) is 23.4 Å². The Labute approximate surface area is 259 Å². The van der Waals surface area contributed by atoms with Gasteiger partial charge < -0.3 is 10.2 Å². The zero-order chi connectivity index (χ0) is 31.4. The van der Waals surface area contributed by atoms with E-state index in [-0.39, 0.29) is 38.0 Å². The fraction of sp³-hybridized carbons (Fsp3) is 0.750. The topological polar surface area (TPSA) is 94.9 Å². The van der Waals surface area contributed by atoms with Gasteiger partial charge in [0.2, 0.25) is 10.0 Å². The van der Waals surface area contributed by atoms with Crippen molar-refractivity contribution in [1.29, 1.82) is 0 Å². The van der Waals surface area contributed by atoms with Gasteiger partial charge in [-0.05, 0) is 148 Å². The minimum atomic E-state index is -3.87. The molecule has 1 saturated heterocycles. The molecule has 0 bridgehead atoms. The fourth-order valence-electron chi connectivity index (χ4n) is 12.6. The number of carboxylic acids is 1. The largest absolute Gasteiger partial charge is 0.478 e. The lowest BCUT2D eigenvalue weighted by Gasteiger charge is -2.73. The number of carbonyl (C=O) groups is 1. The molecule has 5 aliphatic rings. The first-order chi connectivity index (χ1) is 20.0. The van der Waals surface area contributed by atoms with Crippen molar-refractivity contribution >= 4 is 16.0 Å². The van der Waals surface area contributed by atoms with Gasteiger partial charge in [0.25, 0.3) is 0 Å². The maximum Gasteiger partial charge on any atom is 0.335 e. The third-order valence-electron chi connectivity index (χ3n) is 14.8. The molecule has 0 spiro atoms. The van der Waals surface area contributed by atoms with Gasteiger partial charge in [-0.15, -0.1) is 0 Å². The molecule has 43 heavy (non-hydrogen) atoms. The lowest BCUT2D eigenvalue weighted by Crippen LogP contribution is -2.70. The Hall–Kier alpha value is -1.70. The van der Waals surface area contributed by atoms with Crippen LogP contribution in [0.1, 0.15) is 110 Å². The van der Waals surface area contributed by atoms with Gasteiger partial charge in [0.05, 0.1) is 10.5 Å². The second-order valence-electron chi connectivity index (χ2n) is 16.5. The van der Waals surface area contributed by atoms with E-state index >= 15 is 0 Å². The zero-order valence-corrected chi connectivity index (χ0v) is 28.0. The lowest BCUT2D eigenvalue weighted by atomic mass is 9.33. The second-order valence-corrected chi connectivity index (χ2v) is 18.4. The van der Waals surface area contributed by atoms with Gasteiger partial charge in [-0.3, -0.25) is 0 Å².